The third-order valence-corrected chi connectivity index (χ3v) is 8.82. The lowest BCUT2D eigenvalue weighted by atomic mass is 9.59. The highest BCUT2D eigenvalue weighted by Crippen LogP contribution is 2.59. The van der Waals surface area contributed by atoms with Crippen LogP contribution in [0.5, 0.6) is 0 Å². The highest BCUT2D eigenvalue weighted by Gasteiger charge is 2.60. The van der Waals surface area contributed by atoms with Crippen molar-refractivity contribution in [3.63, 3.8) is 0 Å². The lowest BCUT2D eigenvalue weighted by molar-refractivity contribution is -0.122. The Labute approximate surface area is 232 Å². The molecule has 0 unspecified atom stereocenters. The van der Waals surface area contributed by atoms with E-state index < -0.39 is 11.5 Å². The number of benzene rings is 3. The fraction of sp³-hybridized carbons (Fsp3) is 0.333. The molecule has 0 aliphatic carbocycles. The number of amides is 1. The van der Waals surface area contributed by atoms with Crippen LogP contribution < -0.4 is 5.32 Å². The molecule has 3 atom stereocenters. The number of piperazine rings is 1. The summed E-state index contributed by atoms with van der Waals surface area (Å²) in [5.74, 6) is 0.146. The van der Waals surface area contributed by atoms with Crippen LogP contribution in [0.2, 0.25) is 10.0 Å². The molecule has 38 heavy (non-hydrogen) atoms. The third-order valence-electron chi connectivity index (χ3n) is 8.35. The second-order valence-corrected chi connectivity index (χ2v) is 11.4. The number of aryl methyl sites for hydroxylation is 1. The summed E-state index contributed by atoms with van der Waals surface area (Å²) in [6, 6.07) is 17.4. The van der Waals surface area contributed by atoms with Gasteiger partial charge in [0.1, 0.15) is 17.1 Å². The Morgan fingerprint density at radius 3 is 2.53 bits per heavy atom. The maximum absolute atomic E-state index is 14.8. The van der Waals surface area contributed by atoms with Crippen LogP contribution in [-0.4, -0.2) is 54.8 Å². The van der Waals surface area contributed by atoms with Crippen LogP contribution in [0.3, 0.4) is 0 Å². The standard InChI is InChI=1S/C30H29Cl2FN4O/c1-18-6-8-22(33)16-23(18)28-30(24-9-7-21(32)15-26(24)34-29(30)38)25(19-4-3-5-20(31)14-19)17-27(35-28)37-12-10-36(2)11-13-37/h3-9,14-16,25,28H,10-13,17H2,1-2H3,(H,34,38)/t25-,28+,30-/m0/s1. The van der Waals surface area contributed by atoms with Crippen molar-refractivity contribution in [1.82, 2.24) is 9.80 Å². The number of carbonyl (C=O) groups excluding carboxylic acids is 1. The molecule has 196 valence electrons. The molecule has 3 aliphatic rings. The Morgan fingerprint density at radius 2 is 1.76 bits per heavy atom. The van der Waals surface area contributed by atoms with Gasteiger partial charge in [-0.05, 0) is 72.6 Å². The van der Waals surface area contributed by atoms with Gasteiger partial charge in [-0.2, -0.15) is 0 Å². The first-order valence-electron chi connectivity index (χ1n) is 12.9. The number of amidine groups is 1. The number of rotatable bonds is 2. The predicted octanol–water partition coefficient (Wildman–Crippen LogP) is 6.21. The summed E-state index contributed by atoms with van der Waals surface area (Å²) in [5, 5.41) is 4.25. The van der Waals surface area contributed by atoms with Gasteiger partial charge < -0.3 is 15.1 Å². The smallest absolute Gasteiger partial charge is 0.238 e. The van der Waals surface area contributed by atoms with E-state index in [0.717, 1.165) is 48.7 Å². The maximum Gasteiger partial charge on any atom is 0.238 e. The van der Waals surface area contributed by atoms with E-state index in [1.54, 1.807) is 12.1 Å². The zero-order valence-corrected chi connectivity index (χ0v) is 22.9. The van der Waals surface area contributed by atoms with Gasteiger partial charge in [-0.1, -0.05) is 47.5 Å². The molecule has 0 bridgehead atoms. The van der Waals surface area contributed by atoms with Crippen LogP contribution >= 0.6 is 23.2 Å². The van der Waals surface area contributed by atoms with Crippen LogP contribution in [0.15, 0.2) is 65.7 Å². The lowest BCUT2D eigenvalue weighted by Gasteiger charge is -2.47. The second-order valence-electron chi connectivity index (χ2n) is 10.6. The molecule has 0 radical (unpaired) electrons. The van der Waals surface area contributed by atoms with Crippen molar-refractivity contribution in [3.8, 4) is 0 Å². The molecule has 1 fully saturated rings. The van der Waals surface area contributed by atoms with E-state index in [9.17, 15) is 9.18 Å². The molecule has 1 saturated heterocycles. The highest BCUT2D eigenvalue weighted by atomic mass is 35.5. The number of nitrogens with one attached hydrogen (secondary N) is 1. The monoisotopic (exact) mass is 550 g/mol. The quantitative estimate of drug-likeness (QED) is 0.413. The van der Waals surface area contributed by atoms with Crippen molar-refractivity contribution in [3.05, 3.63) is 98.8 Å². The van der Waals surface area contributed by atoms with Crippen molar-refractivity contribution in [2.75, 3.05) is 38.5 Å². The maximum atomic E-state index is 14.8. The van der Waals surface area contributed by atoms with Gasteiger partial charge in [-0.25, -0.2) is 4.39 Å². The number of aliphatic imine (C=N–C) groups is 1. The van der Waals surface area contributed by atoms with Gasteiger partial charge >= 0.3 is 0 Å². The van der Waals surface area contributed by atoms with Crippen LogP contribution in [-0.2, 0) is 10.2 Å². The van der Waals surface area contributed by atoms with Gasteiger partial charge in [0.25, 0.3) is 0 Å². The predicted molar refractivity (Wildman–Crippen MR) is 151 cm³/mol. The summed E-state index contributed by atoms with van der Waals surface area (Å²) >= 11 is 12.9. The molecule has 0 saturated carbocycles. The highest BCUT2D eigenvalue weighted by molar-refractivity contribution is 6.31. The van der Waals surface area contributed by atoms with E-state index in [0.29, 0.717) is 27.7 Å². The SMILES string of the molecule is Cc1ccc(F)cc1[C@H]1N=C(N2CCN(C)CC2)C[C@@H](c2cccc(Cl)c2)[C@]12C(=O)Nc1cc(Cl)ccc12. The fourth-order valence-corrected chi connectivity index (χ4v) is 6.75. The Bertz CT molecular complexity index is 1450. The number of hydrogen-bond acceptors (Lipinski definition) is 4. The first-order valence-corrected chi connectivity index (χ1v) is 13.7. The van der Waals surface area contributed by atoms with Crippen LogP contribution in [0.1, 0.15) is 40.6 Å². The molecule has 1 N–H and O–H groups in total. The Kier molecular flexibility index (Phi) is 6.45. The first-order chi connectivity index (χ1) is 18.3. The second kappa shape index (κ2) is 9.67. The van der Waals surface area contributed by atoms with Crippen LogP contribution in [0, 0.1) is 12.7 Å². The minimum atomic E-state index is -1.11. The molecular formula is C30H29Cl2FN4O. The minimum Gasteiger partial charge on any atom is -0.358 e. The Morgan fingerprint density at radius 1 is 1.00 bits per heavy atom. The lowest BCUT2D eigenvalue weighted by Crippen LogP contribution is -2.53. The van der Waals surface area contributed by atoms with E-state index in [1.165, 1.54) is 12.1 Å². The molecule has 0 aromatic heterocycles. The topological polar surface area (TPSA) is 47.9 Å². The Hall–Kier alpha value is -2.93. The average Bonchev–Trinajstić information content (AvgIpc) is 3.17. The number of hydrogen-bond donors (Lipinski definition) is 1. The van der Waals surface area contributed by atoms with Crippen LogP contribution in [0.4, 0.5) is 10.1 Å². The van der Waals surface area contributed by atoms with Crippen molar-refractivity contribution < 1.29 is 9.18 Å². The summed E-state index contributed by atoms with van der Waals surface area (Å²) < 4.78 is 14.8. The van der Waals surface area contributed by atoms with Crippen molar-refractivity contribution in [1.29, 1.82) is 0 Å². The fourth-order valence-electron chi connectivity index (χ4n) is 6.38. The number of anilines is 1. The van der Waals surface area contributed by atoms with Crippen molar-refractivity contribution in [2.24, 2.45) is 4.99 Å². The molecule has 3 aliphatic heterocycles. The van der Waals surface area contributed by atoms with Crippen molar-refractivity contribution in [2.45, 2.75) is 30.7 Å². The third kappa shape index (κ3) is 4.10. The van der Waals surface area contributed by atoms with Gasteiger partial charge in [-0.15, -0.1) is 0 Å². The van der Waals surface area contributed by atoms with Gasteiger partial charge in [-0.3, -0.25) is 9.79 Å². The zero-order chi connectivity index (χ0) is 26.6. The van der Waals surface area contributed by atoms with E-state index in [-0.39, 0.29) is 17.6 Å². The number of likely N-dealkylation sites (N-methyl/N-ethyl adjacent to an activating group) is 1. The average molecular weight is 551 g/mol. The molecule has 5 nitrogen and oxygen atoms in total. The first kappa shape index (κ1) is 25.4. The summed E-state index contributed by atoms with van der Waals surface area (Å²) in [6.45, 7) is 5.50. The summed E-state index contributed by atoms with van der Waals surface area (Å²) in [4.78, 5) is 24.3. The number of fused-ring (bicyclic) bond motifs is 2. The van der Waals surface area contributed by atoms with Gasteiger partial charge in [0.05, 0.1) is 6.04 Å². The Balaban J connectivity index is 1.64. The molecular weight excluding hydrogens is 522 g/mol. The molecule has 6 rings (SSSR count). The van der Waals surface area contributed by atoms with Gasteiger partial charge in [0.15, 0.2) is 0 Å². The summed E-state index contributed by atoms with van der Waals surface area (Å²) in [7, 11) is 2.12. The van der Waals surface area contributed by atoms with E-state index >= 15 is 0 Å². The summed E-state index contributed by atoms with van der Waals surface area (Å²) in [5.41, 5.74) is 2.94. The molecule has 3 aromatic carbocycles. The number of carbonyl (C=O) groups is 1. The van der Waals surface area contributed by atoms with Gasteiger partial charge in [0, 0.05) is 54.3 Å². The summed E-state index contributed by atoms with van der Waals surface area (Å²) in [6.07, 6.45) is 0.560. The molecule has 1 amide bonds. The minimum absolute atomic E-state index is 0.158. The van der Waals surface area contributed by atoms with Gasteiger partial charge in [0.2, 0.25) is 5.91 Å². The van der Waals surface area contributed by atoms with Crippen LogP contribution in [0.25, 0.3) is 0 Å². The molecule has 1 spiro atoms. The largest absolute Gasteiger partial charge is 0.358 e. The number of nitrogens with zero attached hydrogens (tertiary/aromatic N) is 3. The van der Waals surface area contributed by atoms with E-state index in [4.69, 9.17) is 28.2 Å². The normalized spacial score (nSPS) is 25.3. The molecule has 8 heteroatoms. The van der Waals surface area contributed by atoms with E-state index in [1.807, 2.05) is 43.3 Å². The molecule has 3 aromatic rings. The number of halogens is 3. The zero-order valence-electron chi connectivity index (χ0n) is 21.3. The molecule has 3 heterocycles. The van der Waals surface area contributed by atoms with E-state index in [2.05, 4.69) is 22.2 Å². The van der Waals surface area contributed by atoms with Crippen molar-refractivity contribution >= 4 is 40.6 Å².